The highest BCUT2D eigenvalue weighted by Gasteiger charge is 2.18. The molecule has 118 valence electrons. The van der Waals surface area contributed by atoms with E-state index in [1.807, 2.05) is 30.3 Å². The maximum atomic E-state index is 12.3. The zero-order chi connectivity index (χ0) is 16.2. The van der Waals surface area contributed by atoms with Crippen LogP contribution in [0, 0.1) is 6.92 Å². The molecule has 6 nitrogen and oxygen atoms in total. The number of carbonyl (C=O) groups is 1. The van der Waals surface area contributed by atoms with Gasteiger partial charge in [0.1, 0.15) is 24.6 Å². The smallest absolute Gasteiger partial charge is 0.357 e. The van der Waals surface area contributed by atoms with Crippen molar-refractivity contribution in [2.45, 2.75) is 6.92 Å². The number of ether oxygens (including phenoxy) is 2. The second-order valence-corrected chi connectivity index (χ2v) is 5.03. The standard InChI is InChI=1S/C17H17N3O3/c1-12-16(20-11-13(18)7-8-15(20)19-12)17(21)23-10-9-22-14-5-3-2-4-6-14/h2-8,11H,9-10,18H2,1H3. The van der Waals surface area contributed by atoms with E-state index in [1.165, 1.54) is 0 Å². The molecule has 3 rings (SSSR count). The first-order valence-electron chi connectivity index (χ1n) is 7.24. The second-order valence-electron chi connectivity index (χ2n) is 5.03. The first-order valence-corrected chi connectivity index (χ1v) is 7.24. The van der Waals surface area contributed by atoms with Crippen LogP contribution in [0.3, 0.4) is 0 Å². The SMILES string of the molecule is Cc1nc2ccc(N)cn2c1C(=O)OCCOc1ccccc1. The van der Waals surface area contributed by atoms with Crippen molar-refractivity contribution in [1.29, 1.82) is 0 Å². The number of aromatic nitrogens is 2. The number of fused-ring (bicyclic) bond motifs is 1. The van der Waals surface area contributed by atoms with E-state index in [0.29, 0.717) is 22.7 Å². The van der Waals surface area contributed by atoms with Gasteiger partial charge in [0, 0.05) is 11.9 Å². The van der Waals surface area contributed by atoms with Crippen LogP contribution < -0.4 is 10.5 Å². The van der Waals surface area contributed by atoms with Crippen molar-refractivity contribution >= 4 is 17.3 Å². The number of carbonyl (C=O) groups excluding carboxylic acids is 1. The molecule has 0 aliphatic rings. The summed E-state index contributed by atoms with van der Waals surface area (Å²) >= 11 is 0. The summed E-state index contributed by atoms with van der Waals surface area (Å²) in [5.41, 5.74) is 7.96. The van der Waals surface area contributed by atoms with Crippen molar-refractivity contribution in [3.8, 4) is 5.75 Å². The van der Waals surface area contributed by atoms with Crippen LogP contribution in [0.15, 0.2) is 48.7 Å². The number of nitrogen functional groups attached to an aromatic ring is 1. The average Bonchev–Trinajstić information content (AvgIpc) is 2.87. The summed E-state index contributed by atoms with van der Waals surface area (Å²) in [6, 6.07) is 12.9. The molecule has 0 saturated heterocycles. The highest BCUT2D eigenvalue weighted by molar-refractivity contribution is 5.90. The number of hydrogen-bond acceptors (Lipinski definition) is 5. The molecule has 0 aliphatic heterocycles. The van der Waals surface area contributed by atoms with Crippen molar-refractivity contribution in [1.82, 2.24) is 9.38 Å². The van der Waals surface area contributed by atoms with Crippen molar-refractivity contribution in [3.63, 3.8) is 0 Å². The number of pyridine rings is 1. The van der Waals surface area contributed by atoms with Gasteiger partial charge in [0.05, 0.1) is 5.69 Å². The summed E-state index contributed by atoms with van der Waals surface area (Å²) in [6.45, 7) is 2.21. The quantitative estimate of drug-likeness (QED) is 0.578. The van der Waals surface area contributed by atoms with Crippen molar-refractivity contribution in [2.75, 3.05) is 18.9 Å². The van der Waals surface area contributed by atoms with Crippen LogP contribution in [0.2, 0.25) is 0 Å². The molecule has 0 bridgehead atoms. The highest BCUT2D eigenvalue weighted by atomic mass is 16.6. The van der Waals surface area contributed by atoms with Crippen LogP contribution in [0.25, 0.3) is 5.65 Å². The largest absolute Gasteiger partial charge is 0.490 e. The minimum absolute atomic E-state index is 0.155. The molecule has 0 fully saturated rings. The molecule has 2 heterocycles. The van der Waals surface area contributed by atoms with E-state index in [0.717, 1.165) is 5.75 Å². The normalized spacial score (nSPS) is 10.7. The van der Waals surface area contributed by atoms with Gasteiger partial charge in [-0.2, -0.15) is 0 Å². The summed E-state index contributed by atoms with van der Waals surface area (Å²) in [7, 11) is 0. The number of para-hydroxylation sites is 1. The fourth-order valence-corrected chi connectivity index (χ4v) is 2.30. The van der Waals surface area contributed by atoms with E-state index < -0.39 is 5.97 Å². The maximum Gasteiger partial charge on any atom is 0.357 e. The summed E-state index contributed by atoms with van der Waals surface area (Å²) < 4.78 is 12.4. The Kier molecular flexibility index (Phi) is 4.14. The Balaban J connectivity index is 1.64. The van der Waals surface area contributed by atoms with E-state index in [2.05, 4.69) is 4.98 Å². The van der Waals surface area contributed by atoms with Gasteiger partial charge in [-0.05, 0) is 31.2 Å². The predicted molar refractivity (Wildman–Crippen MR) is 86.6 cm³/mol. The number of rotatable bonds is 5. The first kappa shape index (κ1) is 14.9. The maximum absolute atomic E-state index is 12.3. The van der Waals surface area contributed by atoms with Gasteiger partial charge >= 0.3 is 5.97 Å². The number of aryl methyl sites for hydroxylation is 1. The van der Waals surface area contributed by atoms with Crippen LogP contribution >= 0.6 is 0 Å². The lowest BCUT2D eigenvalue weighted by molar-refractivity contribution is 0.0441. The molecule has 0 amide bonds. The monoisotopic (exact) mass is 311 g/mol. The lowest BCUT2D eigenvalue weighted by atomic mass is 10.3. The molecule has 0 atom stereocenters. The third kappa shape index (κ3) is 3.26. The minimum Gasteiger partial charge on any atom is -0.490 e. The Morgan fingerprint density at radius 1 is 1.17 bits per heavy atom. The Bertz CT molecular complexity index is 828. The van der Waals surface area contributed by atoms with Gasteiger partial charge in [-0.3, -0.25) is 4.40 Å². The van der Waals surface area contributed by atoms with E-state index in [-0.39, 0.29) is 13.2 Å². The zero-order valence-corrected chi connectivity index (χ0v) is 12.7. The van der Waals surface area contributed by atoms with Crippen LogP contribution in [-0.4, -0.2) is 28.6 Å². The second kappa shape index (κ2) is 6.39. The van der Waals surface area contributed by atoms with Crippen molar-refractivity contribution in [3.05, 3.63) is 60.0 Å². The summed E-state index contributed by atoms with van der Waals surface area (Å²) in [4.78, 5) is 16.6. The highest BCUT2D eigenvalue weighted by Crippen LogP contribution is 2.15. The van der Waals surface area contributed by atoms with Gasteiger partial charge < -0.3 is 15.2 Å². The fraction of sp³-hybridized carbons (Fsp3) is 0.176. The molecule has 3 aromatic rings. The minimum atomic E-state index is -0.447. The molecule has 2 N–H and O–H groups in total. The number of anilines is 1. The lowest BCUT2D eigenvalue weighted by Gasteiger charge is -2.08. The fourth-order valence-electron chi connectivity index (χ4n) is 2.30. The van der Waals surface area contributed by atoms with Gasteiger partial charge in [0.15, 0.2) is 5.69 Å². The Hall–Kier alpha value is -3.02. The predicted octanol–water partition coefficient (Wildman–Crippen LogP) is 2.46. The summed E-state index contributed by atoms with van der Waals surface area (Å²) in [5.74, 6) is 0.291. The summed E-state index contributed by atoms with van der Waals surface area (Å²) in [5, 5.41) is 0. The Morgan fingerprint density at radius 3 is 2.74 bits per heavy atom. The number of imidazole rings is 1. The molecule has 2 aromatic heterocycles. The number of esters is 1. The van der Waals surface area contributed by atoms with Gasteiger partial charge in [-0.15, -0.1) is 0 Å². The van der Waals surface area contributed by atoms with Crippen LogP contribution in [0.1, 0.15) is 16.2 Å². The zero-order valence-electron chi connectivity index (χ0n) is 12.7. The van der Waals surface area contributed by atoms with Crippen molar-refractivity contribution in [2.24, 2.45) is 0 Å². The van der Waals surface area contributed by atoms with Gasteiger partial charge in [-0.1, -0.05) is 18.2 Å². The molecular formula is C17H17N3O3. The third-order valence-corrected chi connectivity index (χ3v) is 3.34. The molecule has 23 heavy (non-hydrogen) atoms. The van der Waals surface area contributed by atoms with Gasteiger partial charge in [0.2, 0.25) is 0 Å². The number of hydrogen-bond donors (Lipinski definition) is 1. The Labute approximate surface area is 133 Å². The molecule has 0 saturated carbocycles. The van der Waals surface area contributed by atoms with Crippen LogP contribution in [0.4, 0.5) is 5.69 Å². The number of nitrogens with two attached hydrogens (primary N) is 1. The van der Waals surface area contributed by atoms with E-state index in [4.69, 9.17) is 15.2 Å². The topological polar surface area (TPSA) is 78.8 Å². The molecule has 0 aliphatic carbocycles. The third-order valence-electron chi connectivity index (χ3n) is 3.34. The molecule has 0 unspecified atom stereocenters. The summed E-state index contributed by atoms with van der Waals surface area (Å²) in [6.07, 6.45) is 1.66. The average molecular weight is 311 g/mol. The lowest BCUT2D eigenvalue weighted by Crippen LogP contribution is -2.15. The van der Waals surface area contributed by atoms with Crippen LogP contribution in [0.5, 0.6) is 5.75 Å². The van der Waals surface area contributed by atoms with Crippen molar-refractivity contribution < 1.29 is 14.3 Å². The molecular weight excluding hydrogens is 294 g/mol. The molecule has 0 radical (unpaired) electrons. The molecule has 0 spiro atoms. The first-order chi connectivity index (χ1) is 11.1. The van der Waals surface area contributed by atoms with E-state index in [1.54, 1.807) is 29.7 Å². The molecule has 1 aromatic carbocycles. The van der Waals surface area contributed by atoms with Gasteiger partial charge in [-0.25, -0.2) is 9.78 Å². The van der Waals surface area contributed by atoms with E-state index in [9.17, 15) is 4.79 Å². The van der Waals surface area contributed by atoms with E-state index >= 15 is 0 Å². The van der Waals surface area contributed by atoms with Crippen LogP contribution in [-0.2, 0) is 4.74 Å². The number of benzene rings is 1. The van der Waals surface area contributed by atoms with Gasteiger partial charge in [0.25, 0.3) is 0 Å². The number of nitrogens with zero attached hydrogens (tertiary/aromatic N) is 2. The molecule has 6 heteroatoms. The Morgan fingerprint density at radius 2 is 1.96 bits per heavy atom.